The van der Waals surface area contributed by atoms with Gasteiger partial charge in [-0.25, -0.2) is 4.98 Å². The van der Waals surface area contributed by atoms with Crippen LogP contribution in [0.25, 0.3) is 22.2 Å². The highest BCUT2D eigenvalue weighted by atomic mass is 32.1. The van der Waals surface area contributed by atoms with Crippen LogP contribution in [0, 0.1) is 13.8 Å². The number of thiazole rings is 1. The maximum Gasteiger partial charge on any atom is 0.277 e. The number of aryl methyl sites for hydroxylation is 2. The Labute approximate surface area is 232 Å². The third-order valence-corrected chi connectivity index (χ3v) is 6.76. The smallest absolute Gasteiger partial charge is 0.277 e. The zero-order valence-electron chi connectivity index (χ0n) is 22.2. The summed E-state index contributed by atoms with van der Waals surface area (Å²) in [5.41, 5.74) is 9.11. The number of amides is 1. The van der Waals surface area contributed by atoms with Gasteiger partial charge in [0.15, 0.2) is 22.3 Å². The summed E-state index contributed by atoms with van der Waals surface area (Å²) in [7, 11) is 4.61. The summed E-state index contributed by atoms with van der Waals surface area (Å²) in [4.78, 5) is 21.9. The number of aromatic nitrogens is 4. The highest BCUT2D eigenvalue weighted by Crippen LogP contribution is 2.42. The summed E-state index contributed by atoms with van der Waals surface area (Å²) in [6, 6.07) is 10.4. The highest BCUT2D eigenvalue weighted by molar-refractivity contribution is 7.19. The van der Waals surface area contributed by atoms with Crippen molar-refractivity contribution in [2.75, 3.05) is 37.7 Å². The molecule has 0 saturated heterocycles. The average Bonchev–Trinajstić information content (AvgIpc) is 3.69. The summed E-state index contributed by atoms with van der Waals surface area (Å²) < 4.78 is 26.7. The van der Waals surface area contributed by atoms with Crippen molar-refractivity contribution in [3.05, 3.63) is 53.4 Å². The number of anilines is 4. The number of nitrogens with two attached hydrogens (primary N) is 1. The normalized spacial score (nSPS) is 10.8. The molecular formula is C26H25N7O6S. The van der Waals surface area contributed by atoms with Gasteiger partial charge in [-0.3, -0.25) is 4.79 Å². The number of methoxy groups -OCH3 is 3. The van der Waals surface area contributed by atoms with Crippen LogP contribution in [-0.4, -0.2) is 47.5 Å². The van der Waals surface area contributed by atoms with Gasteiger partial charge in [0, 0.05) is 35.1 Å². The van der Waals surface area contributed by atoms with E-state index >= 15 is 0 Å². The molecule has 0 radical (unpaired) electrons. The molecule has 13 nitrogen and oxygen atoms in total. The molecule has 1 amide bonds. The molecular weight excluding hydrogens is 538 g/mol. The van der Waals surface area contributed by atoms with Crippen LogP contribution in [0.5, 0.6) is 17.2 Å². The molecule has 0 atom stereocenters. The van der Waals surface area contributed by atoms with E-state index in [-0.39, 0.29) is 17.4 Å². The quantitative estimate of drug-likeness (QED) is 0.218. The molecule has 2 aromatic carbocycles. The summed E-state index contributed by atoms with van der Waals surface area (Å²) in [5, 5.41) is 14.4. The lowest BCUT2D eigenvalue weighted by Gasteiger charge is -2.14. The van der Waals surface area contributed by atoms with Gasteiger partial charge in [-0.15, -0.1) is 0 Å². The van der Waals surface area contributed by atoms with Gasteiger partial charge in [-0.05, 0) is 31.5 Å². The van der Waals surface area contributed by atoms with Crippen LogP contribution in [0.2, 0.25) is 0 Å². The number of nitrogen functional groups attached to an aromatic ring is 1. The second-order valence-corrected chi connectivity index (χ2v) is 9.50. The minimum atomic E-state index is -0.398. The lowest BCUT2D eigenvalue weighted by molar-refractivity contribution is 0.101. The Morgan fingerprint density at radius 2 is 1.68 bits per heavy atom. The van der Waals surface area contributed by atoms with Gasteiger partial charge in [-0.2, -0.15) is 4.98 Å². The van der Waals surface area contributed by atoms with Gasteiger partial charge in [0.2, 0.25) is 11.6 Å². The topological polar surface area (TPSA) is 173 Å². The highest BCUT2D eigenvalue weighted by Gasteiger charge is 2.21. The molecule has 40 heavy (non-hydrogen) atoms. The van der Waals surface area contributed by atoms with E-state index in [1.165, 1.54) is 32.7 Å². The molecule has 0 fully saturated rings. The van der Waals surface area contributed by atoms with Crippen molar-refractivity contribution in [1.29, 1.82) is 0 Å². The van der Waals surface area contributed by atoms with Crippen LogP contribution in [0.3, 0.4) is 0 Å². The zero-order valence-corrected chi connectivity index (χ0v) is 23.0. The lowest BCUT2D eigenvalue weighted by atomic mass is 10.1. The van der Waals surface area contributed by atoms with Crippen LogP contribution in [0.15, 0.2) is 45.4 Å². The van der Waals surface area contributed by atoms with Crippen LogP contribution >= 0.6 is 11.3 Å². The third kappa shape index (κ3) is 5.24. The molecule has 5 rings (SSSR count). The first-order chi connectivity index (χ1) is 19.3. The van der Waals surface area contributed by atoms with E-state index in [0.29, 0.717) is 55.8 Å². The molecule has 0 aliphatic carbocycles. The molecule has 0 aliphatic rings. The summed E-state index contributed by atoms with van der Waals surface area (Å²) in [6.07, 6.45) is 0. The zero-order chi connectivity index (χ0) is 28.4. The number of carbonyl (C=O) groups is 1. The number of hydrogen-bond acceptors (Lipinski definition) is 13. The SMILES string of the molecule is COc1cc(Nc2nc(N)c(-c3nc(-c4cc(NC(=O)c5cc(C)on5)ccc4C)no3)s2)cc(OC)c1OC. The van der Waals surface area contributed by atoms with E-state index in [1.54, 1.807) is 37.3 Å². The summed E-state index contributed by atoms with van der Waals surface area (Å²) in [5.74, 6) is 2.34. The van der Waals surface area contributed by atoms with Crippen molar-refractivity contribution in [1.82, 2.24) is 20.3 Å². The van der Waals surface area contributed by atoms with E-state index < -0.39 is 5.91 Å². The molecule has 0 bridgehead atoms. The Kier molecular flexibility index (Phi) is 7.25. The van der Waals surface area contributed by atoms with E-state index in [0.717, 1.165) is 5.56 Å². The van der Waals surface area contributed by atoms with Gasteiger partial charge in [0.05, 0.1) is 21.3 Å². The Hall–Kier alpha value is -5.11. The van der Waals surface area contributed by atoms with E-state index in [2.05, 4.69) is 30.9 Å². The molecule has 4 N–H and O–H groups in total. The van der Waals surface area contributed by atoms with Crippen molar-refractivity contribution in [3.8, 4) is 39.4 Å². The molecule has 3 heterocycles. The Bertz CT molecular complexity index is 1670. The number of ether oxygens (including phenoxy) is 3. The van der Waals surface area contributed by atoms with Gasteiger partial charge in [0.1, 0.15) is 16.5 Å². The number of nitrogens with one attached hydrogen (secondary N) is 2. The standard InChI is InChI=1S/C26H25N7O6S/c1-12-6-7-14(28-24(34)17-8-13(2)38-32-17)9-16(12)23-31-25(39-33-23)21-22(27)30-26(40-21)29-15-10-18(35-3)20(37-5)19(11-15)36-4/h6-11H,27H2,1-5H3,(H,28,34)(H,29,30). The first kappa shape index (κ1) is 26.5. The Balaban J connectivity index is 1.38. The molecule has 0 saturated carbocycles. The van der Waals surface area contributed by atoms with Crippen molar-refractivity contribution >= 4 is 39.6 Å². The number of benzene rings is 2. The predicted molar refractivity (Wildman–Crippen MR) is 149 cm³/mol. The number of nitrogens with zero attached hydrogens (tertiary/aromatic N) is 4. The van der Waals surface area contributed by atoms with E-state index in [4.69, 9.17) is 29.0 Å². The number of hydrogen-bond donors (Lipinski definition) is 3. The monoisotopic (exact) mass is 563 g/mol. The fourth-order valence-corrected chi connectivity index (χ4v) is 4.68. The third-order valence-electron chi connectivity index (χ3n) is 5.79. The van der Waals surface area contributed by atoms with Crippen molar-refractivity contribution in [2.45, 2.75) is 13.8 Å². The molecule has 0 aliphatic heterocycles. The maximum atomic E-state index is 12.5. The number of carbonyl (C=O) groups excluding carboxylic acids is 1. The van der Waals surface area contributed by atoms with Crippen LogP contribution < -0.4 is 30.6 Å². The Morgan fingerprint density at radius 3 is 2.33 bits per heavy atom. The second kappa shape index (κ2) is 10.9. The molecule has 14 heteroatoms. The fourth-order valence-electron chi connectivity index (χ4n) is 3.85. The van der Waals surface area contributed by atoms with Crippen LogP contribution in [0.1, 0.15) is 21.8 Å². The molecule has 0 spiro atoms. The molecule has 206 valence electrons. The molecule has 0 unspecified atom stereocenters. The minimum Gasteiger partial charge on any atom is -0.493 e. The van der Waals surface area contributed by atoms with Crippen LogP contribution in [-0.2, 0) is 0 Å². The summed E-state index contributed by atoms with van der Waals surface area (Å²) in [6.45, 7) is 3.61. The van der Waals surface area contributed by atoms with Crippen molar-refractivity contribution in [3.63, 3.8) is 0 Å². The van der Waals surface area contributed by atoms with Crippen molar-refractivity contribution < 1.29 is 28.1 Å². The molecule has 5 aromatic rings. The first-order valence-corrected chi connectivity index (χ1v) is 12.6. The maximum absolute atomic E-state index is 12.5. The fraction of sp³-hybridized carbons (Fsp3) is 0.192. The lowest BCUT2D eigenvalue weighted by Crippen LogP contribution is -2.12. The summed E-state index contributed by atoms with van der Waals surface area (Å²) >= 11 is 1.24. The number of rotatable bonds is 9. The predicted octanol–water partition coefficient (Wildman–Crippen LogP) is 5.07. The van der Waals surface area contributed by atoms with Crippen molar-refractivity contribution in [2.24, 2.45) is 0 Å². The first-order valence-electron chi connectivity index (χ1n) is 11.8. The van der Waals surface area contributed by atoms with E-state index in [9.17, 15) is 4.79 Å². The van der Waals surface area contributed by atoms with Gasteiger partial charge >= 0.3 is 0 Å². The van der Waals surface area contributed by atoms with Gasteiger partial charge in [-0.1, -0.05) is 27.7 Å². The van der Waals surface area contributed by atoms with Gasteiger partial charge in [0.25, 0.3) is 11.8 Å². The van der Waals surface area contributed by atoms with Crippen LogP contribution in [0.4, 0.5) is 22.3 Å². The largest absolute Gasteiger partial charge is 0.493 e. The van der Waals surface area contributed by atoms with E-state index in [1.807, 2.05) is 13.0 Å². The molecule has 3 aromatic heterocycles. The Morgan fingerprint density at radius 1 is 0.925 bits per heavy atom. The minimum absolute atomic E-state index is 0.179. The van der Waals surface area contributed by atoms with Gasteiger partial charge < -0.3 is 39.6 Å². The average molecular weight is 564 g/mol. The second-order valence-electron chi connectivity index (χ2n) is 8.50.